The van der Waals surface area contributed by atoms with Crippen molar-refractivity contribution in [3.8, 4) is 11.3 Å². The van der Waals surface area contributed by atoms with Crippen molar-refractivity contribution in [3.05, 3.63) is 69.1 Å². The first kappa shape index (κ1) is 21.4. The Morgan fingerprint density at radius 1 is 1.03 bits per heavy atom. The number of thiazole rings is 1. The average molecular weight is 459 g/mol. The van der Waals surface area contributed by atoms with Gasteiger partial charge >= 0.3 is 0 Å². The van der Waals surface area contributed by atoms with E-state index in [1.54, 1.807) is 11.3 Å². The number of non-ortho nitro benzene ring substituents is 1. The minimum atomic E-state index is -3.79. The highest BCUT2D eigenvalue weighted by atomic mass is 32.2. The Kier molecular flexibility index (Phi) is 5.78. The first-order valence-corrected chi connectivity index (χ1v) is 12.1. The van der Waals surface area contributed by atoms with Crippen LogP contribution in [-0.2, 0) is 10.0 Å². The molecule has 1 aliphatic rings. The number of anilines is 1. The molecule has 0 unspecified atom stereocenters. The summed E-state index contributed by atoms with van der Waals surface area (Å²) in [6, 6.07) is 11.4. The van der Waals surface area contributed by atoms with Crippen molar-refractivity contribution in [2.24, 2.45) is 0 Å². The number of nitro groups is 1. The lowest BCUT2D eigenvalue weighted by molar-refractivity contribution is -0.385. The molecule has 1 aliphatic heterocycles. The molecule has 3 aromatic rings. The quantitative estimate of drug-likeness (QED) is 0.426. The van der Waals surface area contributed by atoms with Crippen LogP contribution in [0.3, 0.4) is 0 Å². The van der Waals surface area contributed by atoms with Gasteiger partial charge in [-0.2, -0.15) is 4.31 Å². The van der Waals surface area contributed by atoms with E-state index in [-0.39, 0.29) is 10.6 Å². The summed E-state index contributed by atoms with van der Waals surface area (Å²) in [7, 11) is -3.79. The fourth-order valence-electron chi connectivity index (χ4n) is 3.47. The van der Waals surface area contributed by atoms with E-state index in [9.17, 15) is 18.5 Å². The lowest BCUT2D eigenvalue weighted by atomic mass is 10.1. The topological polar surface area (TPSA) is 96.7 Å². The Morgan fingerprint density at radius 3 is 2.45 bits per heavy atom. The Labute approximate surface area is 185 Å². The van der Waals surface area contributed by atoms with Crippen LogP contribution >= 0.6 is 11.3 Å². The number of hydrogen-bond acceptors (Lipinski definition) is 7. The Bertz CT molecular complexity index is 1230. The SMILES string of the molecule is Cc1ccc(-c2csc(N3CCN(S(=O)(=O)c4cccc([N+](=O)[O-])c4)CC3)n2)cc1C. The monoisotopic (exact) mass is 458 g/mol. The smallest absolute Gasteiger partial charge is 0.270 e. The second-order valence-corrected chi connectivity index (χ2v) is 10.2. The van der Waals surface area contributed by atoms with Crippen molar-refractivity contribution in [3.63, 3.8) is 0 Å². The van der Waals surface area contributed by atoms with E-state index in [2.05, 4.69) is 36.9 Å². The molecule has 10 heteroatoms. The number of aryl methyl sites for hydroxylation is 2. The fourth-order valence-corrected chi connectivity index (χ4v) is 5.82. The van der Waals surface area contributed by atoms with Crippen LogP contribution in [0.5, 0.6) is 0 Å². The summed E-state index contributed by atoms with van der Waals surface area (Å²) in [6.07, 6.45) is 0. The first-order valence-electron chi connectivity index (χ1n) is 9.78. The summed E-state index contributed by atoms with van der Waals surface area (Å²) in [4.78, 5) is 17.2. The lowest BCUT2D eigenvalue weighted by Gasteiger charge is -2.33. The number of piperazine rings is 1. The molecule has 2 aromatic carbocycles. The Balaban J connectivity index is 1.46. The van der Waals surface area contributed by atoms with Gasteiger partial charge in [-0.1, -0.05) is 18.2 Å². The molecule has 0 bridgehead atoms. The molecule has 4 rings (SSSR count). The van der Waals surface area contributed by atoms with E-state index in [1.165, 1.54) is 33.6 Å². The number of rotatable bonds is 5. The van der Waals surface area contributed by atoms with Gasteiger partial charge in [0.1, 0.15) is 0 Å². The number of benzene rings is 2. The van der Waals surface area contributed by atoms with Crippen LogP contribution < -0.4 is 4.90 Å². The van der Waals surface area contributed by atoms with Gasteiger partial charge in [-0.05, 0) is 37.1 Å². The van der Waals surface area contributed by atoms with Gasteiger partial charge in [-0.15, -0.1) is 11.3 Å². The maximum atomic E-state index is 12.9. The maximum Gasteiger partial charge on any atom is 0.270 e. The Morgan fingerprint density at radius 2 is 1.77 bits per heavy atom. The van der Waals surface area contributed by atoms with Gasteiger partial charge in [-0.3, -0.25) is 10.1 Å². The molecule has 2 heterocycles. The highest BCUT2D eigenvalue weighted by Crippen LogP contribution is 2.30. The number of aromatic nitrogens is 1. The molecular weight excluding hydrogens is 436 g/mol. The van der Waals surface area contributed by atoms with E-state index in [0.29, 0.717) is 26.2 Å². The van der Waals surface area contributed by atoms with Crippen molar-refractivity contribution in [1.82, 2.24) is 9.29 Å². The summed E-state index contributed by atoms with van der Waals surface area (Å²) >= 11 is 1.54. The van der Waals surface area contributed by atoms with Gasteiger partial charge in [-0.25, -0.2) is 13.4 Å². The average Bonchev–Trinajstić information content (AvgIpc) is 3.26. The van der Waals surface area contributed by atoms with E-state index >= 15 is 0 Å². The fraction of sp³-hybridized carbons (Fsp3) is 0.286. The third kappa shape index (κ3) is 4.32. The maximum absolute atomic E-state index is 12.9. The van der Waals surface area contributed by atoms with Gasteiger partial charge < -0.3 is 4.90 Å². The molecule has 31 heavy (non-hydrogen) atoms. The summed E-state index contributed by atoms with van der Waals surface area (Å²) in [5, 5.41) is 13.9. The van der Waals surface area contributed by atoms with E-state index in [4.69, 9.17) is 4.98 Å². The lowest BCUT2D eigenvalue weighted by Crippen LogP contribution is -2.48. The van der Waals surface area contributed by atoms with Crippen molar-refractivity contribution >= 4 is 32.2 Å². The third-order valence-corrected chi connectivity index (χ3v) is 8.27. The van der Waals surface area contributed by atoms with Gasteiger partial charge in [0.15, 0.2) is 5.13 Å². The molecule has 162 valence electrons. The summed E-state index contributed by atoms with van der Waals surface area (Å²) in [5.74, 6) is 0. The predicted octanol–water partition coefficient (Wildman–Crippen LogP) is 3.85. The van der Waals surface area contributed by atoms with Gasteiger partial charge in [0.05, 0.1) is 15.5 Å². The molecule has 0 radical (unpaired) electrons. The highest BCUT2D eigenvalue weighted by Gasteiger charge is 2.30. The summed E-state index contributed by atoms with van der Waals surface area (Å²) in [6.45, 7) is 5.76. The van der Waals surface area contributed by atoms with Crippen molar-refractivity contribution in [1.29, 1.82) is 0 Å². The zero-order valence-electron chi connectivity index (χ0n) is 17.2. The minimum Gasteiger partial charge on any atom is -0.345 e. The molecule has 0 saturated carbocycles. The molecule has 1 saturated heterocycles. The highest BCUT2D eigenvalue weighted by molar-refractivity contribution is 7.89. The molecule has 0 spiro atoms. The van der Waals surface area contributed by atoms with E-state index in [0.717, 1.165) is 22.5 Å². The number of nitro benzene ring substituents is 1. The van der Waals surface area contributed by atoms with E-state index < -0.39 is 14.9 Å². The number of nitrogens with zero attached hydrogens (tertiary/aromatic N) is 4. The van der Waals surface area contributed by atoms with E-state index in [1.807, 2.05) is 5.38 Å². The normalized spacial score (nSPS) is 15.2. The summed E-state index contributed by atoms with van der Waals surface area (Å²) in [5.41, 5.74) is 4.20. The van der Waals surface area contributed by atoms with Gasteiger partial charge in [0, 0.05) is 49.3 Å². The zero-order chi connectivity index (χ0) is 22.2. The van der Waals surface area contributed by atoms with Crippen LogP contribution in [0.15, 0.2) is 52.7 Å². The molecule has 8 nitrogen and oxygen atoms in total. The van der Waals surface area contributed by atoms with Crippen LogP contribution in [-0.4, -0.2) is 48.8 Å². The zero-order valence-corrected chi connectivity index (χ0v) is 18.8. The van der Waals surface area contributed by atoms with Crippen molar-refractivity contribution < 1.29 is 13.3 Å². The van der Waals surface area contributed by atoms with Crippen LogP contribution in [0.2, 0.25) is 0 Å². The Hall–Kier alpha value is -2.82. The van der Waals surface area contributed by atoms with Gasteiger partial charge in [0.25, 0.3) is 5.69 Å². The second-order valence-electron chi connectivity index (χ2n) is 7.46. The van der Waals surface area contributed by atoms with Crippen molar-refractivity contribution in [2.45, 2.75) is 18.7 Å². The van der Waals surface area contributed by atoms with Crippen LogP contribution in [0, 0.1) is 24.0 Å². The first-order chi connectivity index (χ1) is 14.8. The number of sulfonamides is 1. The molecule has 1 aromatic heterocycles. The predicted molar refractivity (Wildman–Crippen MR) is 121 cm³/mol. The van der Waals surface area contributed by atoms with Gasteiger partial charge in [0.2, 0.25) is 10.0 Å². The van der Waals surface area contributed by atoms with Crippen LogP contribution in [0.1, 0.15) is 11.1 Å². The largest absolute Gasteiger partial charge is 0.345 e. The molecule has 0 aliphatic carbocycles. The van der Waals surface area contributed by atoms with Crippen molar-refractivity contribution in [2.75, 3.05) is 31.1 Å². The molecule has 0 N–H and O–H groups in total. The summed E-state index contributed by atoms with van der Waals surface area (Å²) < 4.78 is 27.2. The molecule has 1 fully saturated rings. The van der Waals surface area contributed by atoms with Crippen LogP contribution in [0.4, 0.5) is 10.8 Å². The third-order valence-electron chi connectivity index (χ3n) is 5.47. The molecular formula is C21H22N4O4S2. The second kappa shape index (κ2) is 8.37. The number of hydrogen-bond donors (Lipinski definition) is 0. The minimum absolute atomic E-state index is 0.0542. The standard InChI is InChI=1S/C21H22N4O4S2/c1-15-6-7-17(12-16(15)2)20-14-30-21(22-20)23-8-10-24(11-9-23)31(28,29)19-5-3-4-18(13-19)25(26)27/h3-7,12-14H,8-11H2,1-2H3. The van der Waals surface area contributed by atoms with Crippen LogP contribution in [0.25, 0.3) is 11.3 Å². The molecule has 0 atom stereocenters. The molecule has 0 amide bonds.